The highest BCUT2D eigenvalue weighted by molar-refractivity contribution is 7.47. The van der Waals surface area contributed by atoms with Crippen LogP contribution >= 0.6 is 7.82 Å². The maximum Gasteiger partial charge on any atom is 0.472 e. The number of phosphoric ester groups is 1. The first kappa shape index (κ1) is 29.1. The average molecular weight is 437 g/mol. The SMILES string of the molecule is CC(C)CCCCCCCCCCCCCCCOP(=O)(O)OCC[N+](C)(C)C. The quantitative estimate of drug-likeness (QED) is 0.120. The summed E-state index contributed by atoms with van der Waals surface area (Å²) in [6.45, 7) is 5.83. The highest BCUT2D eigenvalue weighted by Crippen LogP contribution is 2.43. The Labute approximate surface area is 181 Å². The van der Waals surface area contributed by atoms with E-state index in [1.54, 1.807) is 0 Å². The number of rotatable bonds is 21. The van der Waals surface area contributed by atoms with Gasteiger partial charge in [-0.2, -0.15) is 0 Å². The maximum atomic E-state index is 11.8. The van der Waals surface area contributed by atoms with Gasteiger partial charge in [0.05, 0.1) is 27.7 Å². The minimum absolute atomic E-state index is 0.232. The molecule has 1 unspecified atom stereocenters. The predicted molar refractivity (Wildman–Crippen MR) is 124 cm³/mol. The zero-order chi connectivity index (χ0) is 22.0. The van der Waals surface area contributed by atoms with Gasteiger partial charge in [-0.1, -0.05) is 97.3 Å². The van der Waals surface area contributed by atoms with Gasteiger partial charge in [0.25, 0.3) is 0 Å². The number of unbranched alkanes of at least 4 members (excludes halogenated alkanes) is 12. The molecule has 0 fully saturated rings. The first-order valence-electron chi connectivity index (χ1n) is 12.0. The maximum absolute atomic E-state index is 11.8. The van der Waals surface area contributed by atoms with Crippen molar-refractivity contribution in [3.8, 4) is 0 Å². The van der Waals surface area contributed by atoms with Crippen LogP contribution < -0.4 is 0 Å². The predicted octanol–water partition coefficient (Wildman–Crippen LogP) is 6.94. The molecule has 0 spiro atoms. The smallest absolute Gasteiger partial charge is 0.329 e. The zero-order valence-corrected chi connectivity index (χ0v) is 21.1. The Bertz CT molecular complexity index is 410. The normalized spacial score (nSPS) is 14.4. The van der Waals surface area contributed by atoms with Gasteiger partial charge in [0.1, 0.15) is 13.2 Å². The Hall–Kier alpha value is 0.0700. The van der Waals surface area contributed by atoms with Crippen molar-refractivity contribution in [3.63, 3.8) is 0 Å². The summed E-state index contributed by atoms with van der Waals surface area (Å²) in [7, 11) is 2.17. The average Bonchev–Trinajstić information content (AvgIpc) is 2.59. The van der Waals surface area contributed by atoms with Crippen LogP contribution in [0.2, 0.25) is 0 Å². The van der Waals surface area contributed by atoms with Gasteiger partial charge >= 0.3 is 7.82 Å². The summed E-state index contributed by atoms with van der Waals surface area (Å²) < 4.78 is 22.5. The minimum atomic E-state index is -3.88. The molecule has 0 saturated heterocycles. The van der Waals surface area contributed by atoms with Crippen molar-refractivity contribution in [2.24, 2.45) is 5.92 Å². The molecule has 0 heterocycles. The molecule has 0 saturated carbocycles. The van der Waals surface area contributed by atoms with E-state index < -0.39 is 7.82 Å². The first-order valence-corrected chi connectivity index (χ1v) is 13.5. The molecular weight excluding hydrogens is 385 g/mol. The number of hydrogen-bond acceptors (Lipinski definition) is 3. The highest BCUT2D eigenvalue weighted by Gasteiger charge is 2.21. The van der Waals surface area contributed by atoms with E-state index in [1.165, 1.54) is 77.0 Å². The molecule has 6 heteroatoms. The standard InChI is InChI=1S/C23H50NO4P/c1-23(2)19-17-15-13-11-9-7-6-8-10-12-14-16-18-21-27-29(25,26)28-22-20-24(3,4)5/h23H,6-22H2,1-5H3/p+1. The second-order valence-corrected chi connectivity index (χ2v) is 11.4. The lowest BCUT2D eigenvalue weighted by molar-refractivity contribution is -0.870. The first-order chi connectivity index (χ1) is 13.6. The van der Waals surface area contributed by atoms with Crippen LogP contribution in [0.3, 0.4) is 0 Å². The topological polar surface area (TPSA) is 55.8 Å². The molecule has 0 aliphatic rings. The third-order valence-electron chi connectivity index (χ3n) is 5.20. The van der Waals surface area contributed by atoms with Crippen molar-refractivity contribution in [2.45, 2.75) is 104 Å². The molecule has 5 nitrogen and oxygen atoms in total. The van der Waals surface area contributed by atoms with Gasteiger partial charge < -0.3 is 9.38 Å². The van der Waals surface area contributed by atoms with Gasteiger partial charge in [0.15, 0.2) is 0 Å². The second kappa shape index (κ2) is 17.7. The lowest BCUT2D eigenvalue weighted by Crippen LogP contribution is -2.37. The van der Waals surface area contributed by atoms with Crippen LogP contribution in [0.25, 0.3) is 0 Å². The number of phosphoric acid groups is 1. The fourth-order valence-corrected chi connectivity index (χ4v) is 3.99. The van der Waals surface area contributed by atoms with Gasteiger partial charge in [-0.05, 0) is 12.3 Å². The number of nitrogens with zero attached hydrogens (tertiary/aromatic N) is 1. The molecular formula is C23H51NO4P+. The molecule has 176 valence electrons. The van der Waals surface area contributed by atoms with Gasteiger partial charge in [-0.3, -0.25) is 9.05 Å². The van der Waals surface area contributed by atoms with Crippen molar-refractivity contribution < 1.29 is 23.0 Å². The van der Waals surface area contributed by atoms with Gasteiger partial charge in [0, 0.05) is 0 Å². The molecule has 0 aliphatic heterocycles. The molecule has 29 heavy (non-hydrogen) atoms. The van der Waals surface area contributed by atoms with E-state index in [4.69, 9.17) is 9.05 Å². The summed E-state index contributed by atoms with van der Waals surface area (Å²) in [4.78, 5) is 9.64. The lowest BCUT2D eigenvalue weighted by Gasteiger charge is -2.24. The molecule has 0 aromatic heterocycles. The van der Waals surface area contributed by atoms with Crippen molar-refractivity contribution in [2.75, 3.05) is 40.9 Å². The van der Waals surface area contributed by atoms with Crippen LogP contribution in [0.1, 0.15) is 104 Å². The number of quaternary nitrogens is 1. The Balaban J connectivity index is 3.30. The summed E-state index contributed by atoms with van der Waals surface area (Å²) >= 11 is 0. The summed E-state index contributed by atoms with van der Waals surface area (Å²) in [6.07, 6.45) is 18.1. The van der Waals surface area contributed by atoms with E-state index in [0.29, 0.717) is 17.6 Å². The lowest BCUT2D eigenvalue weighted by atomic mass is 10.0. The molecule has 0 aromatic carbocycles. The number of likely N-dealkylation sites (N-methyl/N-ethyl adjacent to an activating group) is 1. The molecule has 1 N–H and O–H groups in total. The Morgan fingerprint density at radius 1 is 0.690 bits per heavy atom. The van der Waals surface area contributed by atoms with Crippen molar-refractivity contribution in [1.82, 2.24) is 0 Å². The monoisotopic (exact) mass is 436 g/mol. The third kappa shape index (κ3) is 24.2. The fraction of sp³-hybridized carbons (Fsp3) is 1.00. The van der Waals surface area contributed by atoms with Gasteiger partial charge in [0.2, 0.25) is 0 Å². The van der Waals surface area contributed by atoms with E-state index in [1.807, 2.05) is 21.1 Å². The van der Waals surface area contributed by atoms with Crippen molar-refractivity contribution in [1.29, 1.82) is 0 Å². The molecule has 0 aromatic rings. The summed E-state index contributed by atoms with van der Waals surface area (Å²) in [5.41, 5.74) is 0. The van der Waals surface area contributed by atoms with Crippen molar-refractivity contribution in [3.05, 3.63) is 0 Å². The van der Waals surface area contributed by atoms with E-state index in [2.05, 4.69) is 13.8 Å². The summed E-state index contributed by atoms with van der Waals surface area (Å²) in [5, 5.41) is 0. The van der Waals surface area contributed by atoms with Crippen molar-refractivity contribution >= 4 is 7.82 Å². The van der Waals surface area contributed by atoms with E-state index >= 15 is 0 Å². The van der Waals surface area contributed by atoms with Gasteiger partial charge in [-0.15, -0.1) is 0 Å². The molecule has 1 atom stereocenters. The van der Waals surface area contributed by atoms with Crippen LogP contribution in [0.4, 0.5) is 0 Å². The molecule has 0 bridgehead atoms. The Morgan fingerprint density at radius 2 is 1.07 bits per heavy atom. The Morgan fingerprint density at radius 3 is 1.48 bits per heavy atom. The van der Waals surface area contributed by atoms with Crippen LogP contribution in [-0.4, -0.2) is 50.3 Å². The van der Waals surface area contributed by atoms with Crippen LogP contribution in [0.15, 0.2) is 0 Å². The fourth-order valence-electron chi connectivity index (χ4n) is 3.25. The second-order valence-electron chi connectivity index (χ2n) is 9.93. The molecule has 0 aliphatic carbocycles. The highest BCUT2D eigenvalue weighted by atomic mass is 31.2. The van der Waals surface area contributed by atoms with Crippen LogP contribution in [0.5, 0.6) is 0 Å². The largest absolute Gasteiger partial charge is 0.472 e. The summed E-state index contributed by atoms with van der Waals surface area (Å²) in [5.74, 6) is 0.857. The Kier molecular flexibility index (Phi) is 17.8. The van der Waals surface area contributed by atoms with E-state index in [9.17, 15) is 9.46 Å². The molecule has 0 radical (unpaired) electrons. The third-order valence-corrected chi connectivity index (χ3v) is 6.21. The minimum Gasteiger partial charge on any atom is -0.329 e. The summed E-state index contributed by atoms with van der Waals surface area (Å²) in [6, 6.07) is 0. The molecule has 0 amide bonds. The zero-order valence-electron chi connectivity index (χ0n) is 20.2. The van der Waals surface area contributed by atoms with Crippen LogP contribution in [0, 0.1) is 5.92 Å². The number of hydrogen-bond donors (Lipinski definition) is 1. The molecule has 0 rings (SSSR count). The van der Waals surface area contributed by atoms with E-state index in [-0.39, 0.29) is 6.61 Å². The van der Waals surface area contributed by atoms with Gasteiger partial charge in [-0.25, -0.2) is 4.57 Å². The van der Waals surface area contributed by atoms with E-state index in [0.717, 1.165) is 18.8 Å². The van der Waals surface area contributed by atoms with Crippen LogP contribution in [-0.2, 0) is 13.6 Å².